The van der Waals surface area contributed by atoms with E-state index in [4.69, 9.17) is 14.5 Å². The fourth-order valence-electron chi connectivity index (χ4n) is 4.46. The molecule has 0 aliphatic rings. The van der Waals surface area contributed by atoms with Crippen LogP contribution < -0.4 is 15.0 Å². The van der Waals surface area contributed by atoms with Gasteiger partial charge in [0.1, 0.15) is 10.7 Å². The molecule has 0 aliphatic heterocycles. The predicted octanol–water partition coefficient (Wildman–Crippen LogP) is 4.63. The minimum absolute atomic E-state index is 0.238. The SMILES string of the molecule is COc1cc2cc(CO)nc(-c3ccnc(-n4nc(-c5nccs5)c5ccccc5c4=O)c3)c2cc1OC. The van der Waals surface area contributed by atoms with Crippen molar-refractivity contribution in [1.82, 2.24) is 24.7 Å². The molecule has 0 radical (unpaired) electrons. The summed E-state index contributed by atoms with van der Waals surface area (Å²) in [6.07, 6.45) is 3.32. The van der Waals surface area contributed by atoms with Gasteiger partial charge in [-0.2, -0.15) is 9.78 Å². The normalized spacial score (nSPS) is 11.2. The third-order valence-electron chi connectivity index (χ3n) is 6.23. The van der Waals surface area contributed by atoms with Gasteiger partial charge in [0.05, 0.1) is 37.6 Å². The standard InChI is InChI=1S/C28H21N5O4S/c1-36-22-12-17-11-18(15-34)31-25(21(17)14-23(22)37-2)16-7-8-29-24(13-16)33-28(35)20-6-4-3-5-19(20)26(32-33)27-30-9-10-38-27/h3-14,34H,15H2,1-2H3. The Kier molecular flexibility index (Phi) is 6.02. The average molecular weight is 524 g/mol. The van der Waals surface area contributed by atoms with Gasteiger partial charge in [-0.05, 0) is 41.8 Å². The predicted molar refractivity (Wildman–Crippen MR) is 146 cm³/mol. The second-order valence-corrected chi connectivity index (χ2v) is 9.29. The lowest BCUT2D eigenvalue weighted by Crippen LogP contribution is -2.23. The van der Waals surface area contributed by atoms with Gasteiger partial charge in [0.25, 0.3) is 5.56 Å². The molecule has 1 N–H and O–H groups in total. The molecular formula is C28H21N5O4S. The first-order chi connectivity index (χ1) is 18.6. The highest BCUT2D eigenvalue weighted by atomic mass is 32.1. The Bertz CT molecular complexity index is 1870. The molecular weight excluding hydrogens is 502 g/mol. The lowest BCUT2D eigenvalue weighted by Gasteiger charge is -2.14. The van der Waals surface area contributed by atoms with E-state index in [1.54, 1.807) is 50.9 Å². The van der Waals surface area contributed by atoms with Crippen LogP contribution in [0.5, 0.6) is 11.5 Å². The summed E-state index contributed by atoms with van der Waals surface area (Å²) in [5.41, 5.74) is 2.10. The van der Waals surface area contributed by atoms with Crippen molar-refractivity contribution in [2.45, 2.75) is 6.61 Å². The first-order valence-electron chi connectivity index (χ1n) is 11.7. The van der Waals surface area contributed by atoms with Crippen LogP contribution in [0.25, 0.3) is 49.3 Å². The lowest BCUT2D eigenvalue weighted by atomic mass is 10.0. The quantitative estimate of drug-likeness (QED) is 0.336. The van der Waals surface area contributed by atoms with E-state index in [-0.39, 0.29) is 12.2 Å². The van der Waals surface area contributed by atoms with E-state index < -0.39 is 0 Å². The molecule has 38 heavy (non-hydrogen) atoms. The third-order valence-corrected chi connectivity index (χ3v) is 7.01. The summed E-state index contributed by atoms with van der Waals surface area (Å²) in [5, 5.41) is 20.0. The maximum absolute atomic E-state index is 13.5. The summed E-state index contributed by atoms with van der Waals surface area (Å²) < 4.78 is 12.3. The van der Waals surface area contributed by atoms with Crippen molar-refractivity contribution in [2.24, 2.45) is 0 Å². The van der Waals surface area contributed by atoms with Crippen LogP contribution in [0.3, 0.4) is 0 Å². The van der Waals surface area contributed by atoms with Crippen LogP contribution in [-0.2, 0) is 6.61 Å². The number of thiazole rings is 1. The van der Waals surface area contributed by atoms with Crippen LogP contribution in [0.1, 0.15) is 5.69 Å². The Balaban J connectivity index is 1.59. The minimum Gasteiger partial charge on any atom is -0.493 e. The van der Waals surface area contributed by atoms with Crippen molar-refractivity contribution >= 4 is 32.9 Å². The molecule has 188 valence electrons. The van der Waals surface area contributed by atoms with E-state index in [0.717, 1.165) is 16.2 Å². The molecule has 4 aromatic heterocycles. The minimum atomic E-state index is -0.293. The van der Waals surface area contributed by atoms with Crippen LogP contribution >= 0.6 is 11.3 Å². The Morgan fingerprint density at radius 1 is 0.895 bits per heavy atom. The lowest BCUT2D eigenvalue weighted by molar-refractivity contribution is 0.277. The number of aliphatic hydroxyl groups excluding tert-OH is 1. The highest BCUT2D eigenvalue weighted by Gasteiger charge is 2.18. The highest BCUT2D eigenvalue weighted by molar-refractivity contribution is 7.13. The van der Waals surface area contributed by atoms with Crippen LogP contribution in [-0.4, -0.2) is 44.1 Å². The Hall–Kier alpha value is -4.67. The largest absolute Gasteiger partial charge is 0.493 e. The van der Waals surface area contributed by atoms with Crippen molar-refractivity contribution in [1.29, 1.82) is 0 Å². The number of nitrogens with zero attached hydrogens (tertiary/aromatic N) is 5. The van der Waals surface area contributed by atoms with Gasteiger partial charge in [-0.3, -0.25) is 4.79 Å². The van der Waals surface area contributed by atoms with Crippen LogP contribution in [0, 0.1) is 0 Å². The van der Waals surface area contributed by atoms with Gasteiger partial charge in [-0.25, -0.2) is 15.0 Å². The number of fused-ring (bicyclic) bond motifs is 2. The van der Waals surface area contributed by atoms with Gasteiger partial charge in [0.2, 0.25) is 0 Å². The molecule has 0 unspecified atom stereocenters. The van der Waals surface area contributed by atoms with Gasteiger partial charge in [0, 0.05) is 34.1 Å². The Labute approximate surface area is 220 Å². The number of pyridine rings is 2. The van der Waals surface area contributed by atoms with E-state index >= 15 is 0 Å². The van der Waals surface area contributed by atoms with Crippen molar-refractivity contribution in [3.63, 3.8) is 0 Å². The average Bonchev–Trinajstić information content (AvgIpc) is 3.51. The molecule has 10 heteroatoms. The summed E-state index contributed by atoms with van der Waals surface area (Å²) in [5.74, 6) is 1.45. The number of aromatic nitrogens is 5. The molecule has 6 rings (SSSR count). The fraction of sp³-hybridized carbons (Fsp3) is 0.107. The van der Waals surface area contributed by atoms with Gasteiger partial charge in [0.15, 0.2) is 17.3 Å². The van der Waals surface area contributed by atoms with Crippen LogP contribution in [0.2, 0.25) is 0 Å². The van der Waals surface area contributed by atoms with Crippen molar-refractivity contribution in [3.8, 4) is 39.3 Å². The van der Waals surface area contributed by atoms with Crippen molar-refractivity contribution in [3.05, 3.63) is 88.4 Å². The first-order valence-corrected chi connectivity index (χ1v) is 12.5. The Morgan fingerprint density at radius 3 is 2.42 bits per heavy atom. The van der Waals surface area contributed by atoms with Crippen LogP contribution in [0.15, 0.2) is 77.2 Å². The van der Waals surface area contributed by atoms with E-state index in [0.29, 0.717) is 50.4 Å². The van der Waals surface area contributed by atoms with Crippen molar-refractivity contribution in [2.75, 3.05) is 14.2 Å². The molecule has 0 saturated carbocycles. The summed E-state index contributed by atoms with van der Waals surface area (Å²) in [6, 6.07) is 16.4. The summed E-state index contributed by atoms with van der Waals surface area (Å²) in [6.45, 7) is -0.238. The van der Waals surface area contributed by atoms with E-state index in [2.05, 4.69) is 15.1 Å². The van der Waals surface area contributed by atoms with Gasteiger partial charge in [-0.15, -0.1) is 11.3 Å². The molecule has 0 fully saturated rings. The molecule has 9 nitrogen and oxygen atoms in total. The number of benzene rings is 2. The zero-order valence-corrected chi connectivity index (χ0v) is 21.3. The molecule has 0 amide bonds. The second kappa shape index (κ2) is 9.66. The molecule has 0 aliphatic carbocycles. The molecule has 2 aromatic carbocycles. The fourth-order valence-corrected chi connectivity index (χ4v) is 5.10. The number of ether oxygens (including phenoxy) is 2. The molecule has 0 bridgehead atoms. The zero-order valence-electron chi connectivity index (χ0n) is 20.5. The summed E-state index contributed by atoms with van der Waals surface area (Å²) >= 11 is 1.45. The number of methoxy groups -OCH3 is 2. The monoisotopic (exact) mass is 523 g/mol. The number of hydrogen-bond acceptors (Lipinski definition) is 9. The maximum Gasteiger partial charge on any atom is 0.280 e. The van der Waals surface area contributed by atoms with Gasteiger partial charge >= 0.3 is 0 Å². The molecule has 0 saturated heterocycles. The highest BCUT2D eigenvalue weighted by Crippen LogP contribution is 2.37. The first kappa shape index (κ1) is 23.7. The maximum atomic E-state index is 13.5. The summed E-state index contributed by atoms with van der Waals surface area (Å²) in [4.78, 5) is 27.1. The van der Waals surface area contributed by atoms with E-state index in [1.807, 2.05) is 35.7 Å². The smallest absolute Gasteiger partial charge is 0.280 e. The van der Waals surface area contributed by atoms with Crippen LogP contribution in [0.4, 0.5) is 0 Å². The van der Waals surface area contributed by atoms with E-state index in [1.165, 1.54) is 16.0 Å². The molecule has 0 spiro atoms. The zero-order chi connectivity index (χ0) is 26.2. The van der Waals surface area contributed by atoms with E-state index in [9.17, 15) is 9.90 Å². The molecule has 6 aromatic rings. The topological polar surface area (TPSA) is 112 Å². The molecule has 4 heterocycles. The number of hydrogen-bond donors (Lipinski definition) is 1. The molecule has 0 atom stereocenters. The van der Waals surface area contributed by atoms with Gasteiger partial charge in [-0.1, -0.05) is 18.2 Å². The van der Waals surface area contributed by atoms with Gasteiger partial charge < -0.3 is 14.6 Å². The van der Waals surface area contributed by atoms with Crippen molar-refractivity contribution < 1.29 is 14.6 Å². The summed E-state index contributed by atoms with van der Waals surface area (Å²) in [7, 11) is 3.14. The third kappa shape index (κ3) is 3.96. The second-order valence-electron chi connectivity index (χ2n) is 8.40. The number of aliphatic hydroxyl groups is 1. The number of rotatable bonds is 6. The Morgan fingerprint density at radius 2 is 1.68 bits per heavy atom.